The van der Waals surface area contributed by atoms with Crippen LogP contribution in [-0.2, 0) is 14.8 Å². The van der Waals surface area contributed by atoms with Gasteiger partial charge in [0, 0.05) is 6.07 Å². The van der Waals surface area contributed by atoms with Crippen molar-refractivity contribution in [1.29, 1.82) is 0 Å². The van der Waals surface area contributed by atoms with E-state index in [-0.39, 0.29) is 5.69 Å². The third-order valence-electron chi connectivity index (χ3n) is 3.69. The minimum atomic E-state index is -3.95. The molecule has 6 nitrogen and oxygen atoms in total. The van der Waals surface area contributed by atoms with Crippen molar-refractivity contribution in [3.8, 4) is 5.75 Å². The fourth-order valence-corrected chi connectivity index (χ4v) is 3.69. The van der Waals surface area contributed by atoms with Crippen LogP contribution in [0.1, 0.15) is 13.8 Å². The summed E-state index contributed by atoms with van der Waals surface area (Å²) >= 11 is 0. The first-order chi connectivity index (χ1) is 12.6. The average molecular weight is 398 g/mol. The third kappa shape index (κ3) is 4.94. The standard InChI is InChI=1S/C18H20F2N2O4S/c1-4-26-17-8-6-5-7-16(17)21-18(23)12(2)22(27(3,24)25)13-9-10-14(19)15(20)11-13/h5-12H,4H2,1-3H3,(H,21,23)/t12-/m0/s1. The lowest BCUT2D eigenvalue weighted by molar-refractivity contribution is -0.116. The highest BCUT2D eigenvalue weighted by atomic mass is 32.2. The normalized spacial score (nSPS) is 12.3. The monoisotopic (exact) mass is 398 g/mol. The second kappa shape index (κ2) is 8.34. The molecular weight excluding hydrogens is 378 g/mol. The molecule has 0 spiro atoms. The highest BCUT2D eigenvalue weighted by Gasteiger charge is 2.30. The second-order valence-corrected chi connectivity index (χ2v) is 7.61. The zero-order chi connectivity index (χ0) is 20.2. The molecule has 9 heteroatoms. The topological polar surface area (TPSA) is 75.7 Å². The Hall–Kier alpha value is -2.68. The molecule has 0 radical (unpaired) electrons. The summed E-state index contributed by atoms with van der Waals surface area (Å²) in [6, 6.07) is 8.09. The lowest BCUT2D eigenvalue weighted by Gasteiger charge is -2.28. The van der Waals surface area contributed by atoms with Crippen molar-refractivity contribution < 1.29 is 26.7 Å². The molecule has 0 aliphatic rings. The fraction of sp³-hybridized carbons (Fsp3) is 0.278. The lowest BCUT2D eigenvalue weighted by Crippen LogP contribution is -2.45. The molecule has 0 aliphatic carbocycles. The Labute approximate surface area is 156 Å². The number of anilines is 2. The first-order valence-corrected chi connectivity index (χ1v) is 9.97. The molecule has 1 atom stereocenters. The predicted molar refractivity (Wildman–Crippen MR) is 99.4 cm³/mol. The van der Waals surface area contributed by atoms with Crippen LogP contribution in [-0.4, -0.2) is 33.2 Å². The Morgan fingerprint density at radius 3 is 2.44 bits per heavy atom. The van der Waals surface area contributed by atoms with Crippen molar-refractivity contribution in [3.05, 3.63) is 54.1 Å². The van der Waals surface area contributed by atoms with E-state index in [9.17, 15) is 22.0 Å². The molecule has 0 aliphatic heterocycles. The number of ether oxygens (including phenoxy) is 1. The van der Waals surface area contributed by atoms with Crippen molar-refractivity contribution in [2.45, 2.75) is 19.9 Å². The second-order valence-electron chi connectivity index (χ2n) is 5.75. The molecule has 0 bridgehead atoms. The minimum Gasteiger partial charge on any atom is -0.492 e. The van der Waals surface area contributed by atoms with Crippen LogP contribution in [0.3, 0.4) is 0 Å². The van der Waals surface area contributed by atoms with E-state index in [4.69, 9.17) is 4.74 Å². The van der Waals surface area contributed by atoms with Crippen LogP contribution in [0.2, 0.25) is 0 Å². The number of hydrogen-bond donors (Lipinski definition) is 1. The smallest absolute Gasteiger partial charge is 0.248 e. The van der Waals surface area contributed by atoms with Gasteiger partial charge < -0.3 is 10.1 Å². The van der Waals surface area contributed by atoms with Crippen molar-refractivity contribution in [1.82, 2.24) is 0 Å². The van der Waals surface area contributed by atoms with E-state index in [1.54, 1.807) is 31.2 Å². The molecule has 27 heavy (non-hydrogen) atoms. The van der Waals surface area contributed by atoms with E-state index in [2.05, 4.69) is 5.32 Å². The predicted octanol–water partition coefficient (Wildman–Crippen LogP) is 3.16. The third-order valence-corrected chi connectivity index (χ3v) is 4.93. The van der Waals surface area contributed by atoms with Gasteiger partial charge in [-0.3, -0.25) is 9.10 Å². The SMILES string of the molecule is CCOc1ccccc1NC(=O)[C@H](C)N(c1ccc(F)c(F)c1)S(C)(=O)=O. The van der Waals surface area contributed by atoms with Crippen molar-refractivity contribution in [3.63, 3.8) is 0 Å². The molecule has 2 aromatic carbocycles. The zero-order valence-electron chi connectivity index (χ0n) is 15.1. The Kier molecular flexibility index (Phi) is 6.37. The minimum absolute atomic E-state index is 0.155. The Bertz CT molecular complexity index is 935. The Balaban J connectivity index is 2.34. The zero-order valence-corrected chi connectivity index (χ0v) is 15.9. The number of nitrogens with zero attached hydrogens (tertiary/aromatic N) is 1. The molecule has 0 saturated carbocycles. The largest absolute Gasteiger partial charge is 0.492 e. The summed E-state index contributed by atoms with van der Waals surface area (Å²) in [5.41, 5.74) is 0.215. The van der Waals surface area contributed by atoms with Crippen molar-refractivity contribution in [2.24, 2.45) is 0 Å². The highest BCUT2D eigenvalue weighted by molar-refractivity contribution is 7.92. The van der Waals surface area contributed by atoms with Gasteiger partial charge in [-0.2, -0.15) is 0 Å². The first kappa shape index (κ1) is 20.6. The number of para-hydroxylation sites is 2. The van der Waals surface area contributed by atoms with Gasteiger partial charge in [0.05, 0.1) is 24.2 Å². The van der Waals surface area contributed by atoms with Crippen LogP contribution < -0.4 is 14.4 Å². The maximum absolute atomic E-state index is 13.6. The molecule has 0 aromatic heterocycles. The molecule has 2 aromatic rings. The number of nitrogens with one attached hydrogen (secondary N) is 1. The quantitative estimate of drug-likeness (QED) is 0.777. The van der Waals surface area contributed by atoms with Gasteiger partial charge in [0.15, 0.2) is 11.6 Å². The number of rotatable bonds is 7. The van der Waals surface area contributed by atoms with Crippen LogP contribution >= 0.6 is 0 Å². The van der Waals surface area contributed by atoms with Gasteiger partial charge in [0.1, 0.15) is 11.8 Å². The summed E-state index contributed by atoms with van der Waals surface area (Å²) < 4.78 is 57.3. The van der Waals surface area contributed by atoms with Gasteiger partial charge in [0.25, 0.3) is 0 Å². The number of amides is 1. The van der Waals surface area contributed by atoms with Crippen LogP contribution in [0.25, 0.3) is 0 Å². The number of benzene rings is 2. The fourth-order valence-electron chi connectivity index (χ4n) is 2.52. The summed E-state index contributed by atoms with van der Waals surface area (Å²) in [7, 11) is -3.95. The van der Waals surface area contributed by atoms with Crippen LogP contribution in [0.5, 0.6) is 5.75 Å². The van der Waals surface area contributed by atoms with Gasteiger partial charge >= 0.3 is 0 Å². The summed E-state index contributed by atoms with van der Waals surface area (Å²) in [4.78, 5) is 12.6. The number of hydrogen-bond acceptors (Lipinski definition) is 4. The summed E-state index contributed by atoms with van der Waals surface area (Å²) in [5, 5.41) is 2.61. The van der Waals surface area contributed by atoms with Crippen molar-refractivity contribution in [2.75, 3.05) is 22.5 Å². The van der Waals surface area contributed by atoms with E-state index in [0.717, 1.165) is 28.8 Å². The Morgan fingerprint density at radius 2 is 1.85 bits per heavy atom. The molecule has 0 fully saturated rings. The van der Waals surface area contributed by atoms with E-state index >= 15 is 0 Å². The average Bonchev–Trinajstić information content (AvgIpc) is 2.59. The highest BCUT2D eigenvalue weighted by Crippen LogP contribution is 2.26. The molecule has 1 amide bonds. The molecule has 1 N–H and O–H groups in total. The van der Waals surface area contributed by atoms with Gasteiger partial charge in [-0.1, -0.05) is 12.1 Å². The van der Waals surface area contributed by atoms with E-state index in [1.807, 2.05) is 0 Å². The number of carbonyl (C=O) groups is 1. The van der Waals surface area contributed by atoms with Gasteiger partial charge in [-0.25, -0.2) is 17.2 Å². The van der Waals surface area contributed by atoms with Crippen LogP contribution in [0, 0.1) is 11.6 Å². The molecule has 0 unspecified atom stereocenters. The molecule has 0 saturated heterocycles. The van der Waals surface area contributed by atoms with Crippen LogP contribution in [0.4, 0.5) is 20.2 Å². The maximum Gasteiger partial charge on any atom is 0.248 e. The van der Waals surface area contributed by atoms with Gasteiger partial charge in [-0.15, -0.1) is 0 Å². The van der Waals surface area contributed by atoms with Gasteiger partial charge in [-0.05, 0) is 38.1 Å². The molecule has 2 rings (SSSR count). The Morgan fingerprint density at radius 1 is 1.19 bits per heavy atom. The summed E-state index contributed by atoms with van der Waals surface area (Å²) in [6.07, 6.45) is 0.881. The molecule has 146 valence electrons. The molecule has 0 heterocycles. The number of sulfonamides is 1. The van der Waals surface area contributed by atoms with Crippen molar-refractivity contribution >= 4 is 27.3 Å². The summed E-state index contributed by atoms with van der Waals surface area (Å²) in [5.74, 6) is -2.55. The number of halogens is 2. The summed E-state index contributed by atoms with van der Waals surface area (Å²) in [6.45, 7) is 3.52. The van der Waals surface area contributed by atoms with E-state index < -0.39 is 33.6 Å². The van der Waals surface area contributed by atoms with E-state index in [0.29, 0.717) is 18.0 Å². The number of carbonyl (C=O) groups excluding carboxylic acids is 1. The van der Waals surface area contributed by atoms with E-state index in [1.165, 1.54) is 6.92 Å². The first-order valence-electron chi connectivity index (χ1n) is 8.12. The van der Waals surface area contributed by atoms with Crippen LogP contribution in [0.15, 0.2) is 42.5 Å². The lowest BCUT2D eigenvalue weighted by atomic mass is 10.2. The maximum atomic E-state index is 13.6. The molecular formula is C18H20F2N2O4S. The van der Waals surface area contributed by atoms with Gasteiger partial charge in [0.2, 0.25) is 15.9 Å².